The number of benzene rings is 2. The second-order valence-corrected chi connectivity index (χ2v) is 8.37. The largest absolute Gasteiger partial charge is 0.416 e. The summed E-state index contributed by atoms with van der Waals surface area (Å²) in [7, 11) is 0. The molecule has 4 nitrogen and oxygen atoms in total. The van der Waals surface area contributed by atoms with Crippen LogP contribution in [-0.4, -0.2) is 11.7 Å². The maximum absolute atomic E-state index is 13.6. The van der Waals surface area contributed by atoms with Gasteiger partial charge in [0.2, 0.25) is 0 Å². The number of Topliss-reactive ketones (excluding diaryl/α,β-unsaturated/α-hetero) is 1. The first-order valence-corrected chi connectivity index (χ1v) is 10.6. The first kappa shape index (κ1) is 23.0. The summed E-state index contributed by atoms with van der Waals surface area (Å²) < 4.78 is 53.0. The van der Waals surface area contributed by atoms with Crippen molar-refractivity contribution in [2.45, 2.75) is 38.3 Å². The monoisotopic (exact) mass is 478 g/mol. The van der Waals surface area contributed by atoms with Gasteiger partial charge in [-0.1, -0.05) is 23.7 Å². The molecule has 0 fully saturated rings. The number of nitrogens with one attached hydrogen (secondary N) is 2. The quantitative estimate of drug-likeness (QED) is 0.524. The number of anilines is 1. The predicted molar refractivity (Wildman–Crippen MR) is 116 cm³/mol. The normalized spacial score (nSPS) is 18.7. The van der Waals surface area contributed by atoms with Crippen molar-refractivity contribution in [2.24, 2.45) is 0 Å². The SMILES string of the molecule is CC1=C(C(=O)Nc2cc(C(F)(F)F)ccc2Cl)[C@H](c2ccc(F)cc2)C2=C(CCCC2=O)N1. The zero-order valence-corrected chi connectivity index (χ0v) is 18.2. The number of halogens is 5. The third-order valence-corrected chi connectivity index (χ3v) is 6.10. The van der Waals surface area contributed by atoms with Crippen molar-refractivity contribution < 1.29 is 27.2 Å². The van der Waals surface area contributed by atoms with Gasteiger partial charge in [-0.3, -0.25) is 9.59 Å². The van der Waals surface area contributed by atoms with Crippen molar-refractivity contribution in [2.75, 3.05) is 5.32 Å². The Hall–Kier alpha value is -3.13. The van der Waals surface area contributed by atoms with Crippen LogP contribution in [0, 0.1) is 5.82 Å². The van der Waals surface area contributed by atoms with Gasteiger partial charge in [0.25, 0.3) is 5.91 Å². The van der Waals surface area contributed by atoms with Crippen LogP contribution in [-0.2, 0) is 15.8 Å². The van der Waals surface area contributed by atoms with Crippen LogP contribution in [0.2, 0.25) is 5.02 Å². The molecule has 0 unspecified atom stereocenters. The number of allylic oxidation sites excluding steroid dienone is 3. The van der Waals surface area contributed by atoms with Crippen molar-refractivity contribution in [3.05, 3.63) is 87.0 Å². The van der Waals surface area contributed by atoms with E-state index in [0.29, 0.717) is 41.8 Å². The first-order chi connectivity index (χ1) is 15.6. The Morgan fingerprint density at radius 2 is 1.82 bits per heavy atom. The van der Waals surface area contributed by atoms with Crippen LogP contribution in [0.25, 0.3) is 0 Å². The number of hydrogen-bond acceptors (Lipinski definition) is 3. The molecule has 0 saturated heterocycles. The zero-order valence-electron chi connectivity index (χ0n) is 17.4. The van der Waals surface area contributed by atoms with Crippen LogP contribution in [0.1, 0.15) is 43.2 Å². The summed E-state index contributed by atoms with van der Waals surface area (Å²) in [6.07, 6.45) is -3.03. The van der Waals surface area contributed by atoms with Gasteiger partial charge in [-0.2, -0.15) is 13.2 Å². The highest BCUT2D eigenvalue weighted by Gasteiger charge is 2.39. The Morgan fingerprint density at radius 3 is 2.48 bits per heavy atom. The van der Waals surface area contributed by atoms with Crippen molar-refractivity contribution in [3.63, 3.8) is 0 Å². The molecular weight excluding hydrogens is 460 g/mol. The number of hydrogen-bond donors (Lipinski definition) is 2. The fourth-order valence-corrected chi connectivity index (χ4v) is 4.42. The molecule has 1 aliphatic heterocycles. The van der Waals surface area contributed by atoms with Crippen LogP contribution in [0.4, 0.5) is 23.2 Å². The number of carbonyl (C=O) groups is 2. The molecule has 9 heteroatoms. The summed E-state index contributed by atoms with van der Waals surface area (Å²) in [5.41, 5.74) is 1.09. The van der Waals surface area contributed by atoms with Gasteiger partial charge in [-0.25, -0.2) is 4.39 Å². The molecule has 2 aromatic carbocycles. The number of amides is 1. The average Bonchev–Trinajstić information content (AvgIpc) is 2.74. The maximum Gasteiger partial charge on any atom is 0.416 e. The van der Waals surface area contributed by atoms with Crippen molar-refractivity contribution >= 4 is 29.0 Å². The lowest BCUT2D eigenvalue weighted by atomic mass is 9.75. The molecule has 2 N–H and O–H groups in total. The van der Waals surface area contributed by atoms with Gasteiger partial charge in [-0.05, 0) is 55.7 Å². The highest BCUT2D eigenvalue weighted by atomic mass is 35.5. The van der Waals surface area contributed by atoms with E-state index in [9.17, 15) is 27.2 Å². The Balaban J connectivity index is 1.77. The average molecular weight is 479 g/mol. The lowest BCUT2D eigenvalue weighted by Crippen LogP contribution is -2.35. The summed E-state index contributed by atoms with van der Waals surface area (Å²) in [4.78, 5) is 26.2. The molecule has 33 heavy (non-hydrogen) atoms. The number of alkyl halides is 3. The molecule has 172 valence electrons. The molecule has 0 saturated carbocycles. The van der Waals surface area contributed by atoms with E-state index in [1.165, 1.54) is 24.3 Å². The topological polar surface area (TPSA) is 58.2 Å². The Morgan fingerprint density at radius 1 is 1.12 bits per heavy atom. The summed E-state index contributed by atoms with van der Waals surface area (Å²) >= 11 is 6.05. The lowest BCUT2D eigenvalue weighted by molar-refractivity contribution is -0.137. The molecule has 1 amide bonds. The molecule has 0 spiro atoms. The summed E-state index contributed by atoms with van der Waals surface area (Å²) in [6, 6.07) is 8.10. The van der Waals surface area contributed by atoms with E-state index in [0.717, 1.165) is 18.2 Å². The molecule has 4 rings (SSSR count). The van der Waals surface area contributed by atoms with E-state index < -0.39 is 29.4 Å². The van der Waals surface area contributed by atoms with Gasteiger partial charge in [0.05, 0.1) is 16.3 Å². The minimum Gasteiger partial charge on any atom is -0.362 e. The smallest absolute Gasteiger partial charge is 0.362 e. The predicted octanol–water partition coefficient (Wildman–Crippen LogP) is 6.10. The molecule has 1 aliphatic carbocycles. The van der Waals surface area contributed by atoms with Crippen molar-refractivity contribution in [1.29, 1.82) is 0 Å². The molecule has 0 aromatic heterocycles. The van der Waals surface area contributed by atoms with Crippen molar-refractivity contribution in [3.8, 4) is 0 Å². The van der Waals surface area contributed by atoms with Crippen LogP contribution in [0.15, 0.2) is 65.0 Å². The molecule has 2 aromatic rings. The summed E-state index contributed by atoms with van der Waals surface area (Å²) in [5, 5.41) is 5.52. The number of carbonyl (C=O) groups excluding carboxylic acids is 2. The van der Waals surface area contributed by atoms with Crippen LogP contribution in [0.3, 0.4) is 0 Å². The van der Waals surface area contributed by atoms with Crippen molar-refractivity contribution in [1.82, 2.24) is 5.32 Å². The van der Waals surface area contributed by atoms with Gasteiger partial charge in [-0.15, -0.1) is 0 Å². The molecule has 2 aliphatic rings. The number of dihydropyridines is 1. The van der Waals surface area contributed by atoms with E-state index in [1.807, 2.05) is 0 Å². The Kier molecular flexibility index (Phi) is 6.05. The van der Waals surface area contributed by atoms with Crippen LogP contribution in [0.5, 0.6) is 0 Å². The van der Waals surface area contributed by atoms with E-state index in [4.69, 9.17) is 11.6 Å². The molecular formula is C24H19ClF4N2O2. The van der Waals surface area contributed by atoms with Gasteiger partial charge >= 0.3 is 6.18 Å². The second-order valence-electron chi connectivity index (χ2n) is 7.96. The van der Waals surface area contributed by atoms with E-state index in [2.05, 4.69) is 10.6 Å². The third-order valence-electron chi connectivity index (χ3n) is 5.77. The molecule has 1 heterocycles. The highest BCUT2D eigenvalue weighted by Crippen LogP contribution is 2.43. The van der Waals surface area contributed by atoms with Crippen LogP contribution < -0.4 is 10.6 Å². The molecule has 1 atom stereocenters. The summed E-state index contributed by atoms with van der Waals surface area (Å²) in [6.45, 7) is 1.65. The lowest BCUT2D eigenvalue weighted by Gasteiger charge is -2.34. The number of rotatable bonds is 3. The number of ketones is 1. The zero-order chi connectivity index (χ0) is 23.9. The molecule has 0 radical (unpaired) electrons. The third kappa shape index (κ3) is 4.53. The van der Waals surface area contributed by atoms with E-state index >= 15 is 0 Å². The highest BCUT2D eigenvalue weighted by molar-refractivity contribution is 6.34. The van der Waals surface area contributed by atoms with E-state index in [-0.39, 0.29) is 22.1 Å². The van der Waals surface area contributed by atoms with Gasteiger partial charge < -0.3 is 10.6 Å². The molecule has 0 bridgehead atoms. The fraction of sp³-hybridized carbons (Fsp3) is 0.250. The van der Waals surface area contributed by atoms with E-state index in [1.54, 1.807) is 6.92 Å². The minimum absolute atomic E-state index is 0.0645. The Bertz CT molecular complexity index is 1200. The van der Waals surface area contributed by atoms with Gasteiger partial charge in [0.15, 0.2) is 5.78 Å². The standard InChI is InChI=1S/C24H19ClF4N2O2/c1-12-20(23(33)31-18-11-14(24(27,28)29)7-10-16(18)25)21(13-5-8-15(26)9-6-13)22-17(30-12)3-2-4-19(22)32/h5-11,21,30H,2-4H2,1H3,(H,31,33)/t21-/m0/s1. The maximum atomic E-state index is 13.6. The fourth-order valence-electron chi connectivity index (χ4n) is 4.26. The minimum atomic E-state index is -4.61. The van der Waals surface area contributed by atoms with Crippen LogP contribution >= 0.6 is 11.6 Å². The first-order valence-electron chi connectivity index (χ1n) is 10.2. The second kappa shape index (κ2) is 8.67. The summed E-state index contributed by atoms with van der Waals surface area (Å²) in [5.74, 6) is -2.10. The Labute approximate surface area is 192 Å². The van der Waals surface area contributed by atoms with Gasteiger partial charge in [0, 0.05) is 34.9 Å². The van der Waals surface area contributed by atoms with Gasteiger partial charge in [0.1, 0.15) is 5.82 Å².